The summed E-state index contributed by atoms with van der Waals surface area (Å²) < 4.78 is 2.20. The van der Waals surface area contributed by atoms with Gasteiger partial charge in [-0.05, 0) is 24.6 Å². The van der Waals surface area contributed by atoms with Gasteiger partial charge in [0.2, 0.25) is 0 Å². The first-order chi connectivity index (χ1) is 8.40. The summed E-state index contributed by atoms with van der Waals surface area (Å²) in [6.07, 6.45) is 0. The number of rotatable bonds is 3. The third-order valence-corrected chi connectivity index (χ3v) is 3.08. The van der Waals surface area contributed by atoms with Crippen LogP contribution < -0.4 is 0 Å². The summed E-state index contributed by atoms with van der Waals surface area (Å²) in [5.74, 6) is -1.17. The van der Waals surface area contributed by atoms with Crippen molar-refractivity contribution in [3.05, 3.63) is 27.9 Å². The van der Waals surface area contributed by atoms with E-state index in [4.69, 9.17) is 5.11 Å². The predicted octanol–water partition coefficient (Wildman–Crippen LogP) is 2.39. The number of carbonyl (C=O) groups excluding carboxylic acids is 1. The van der Waals surface area contributed by atoms with Crippen LogP contribution in [0.5, 0.6) is 0 Å². The molecule has 0 saturated heterocycles. The number of carbonyl (C=O) groups is 2. The van der Waals surface area contributed by atoms with Gasteiger partial charge >= 0.3 is 5.97 Å². The van der Waals surface area contributed by atoms with Crippen LogP contribution in [0.3, 0.4) is 0 Å². The van der Waals surface area contributed by atoms with E-state index in [1.165, 1.54) is 11.6 Å². The van der Waals surface area contributed by atoms with Crippen LogP contribution in [0, 0.1) is 6.92 Å². The fraction of sp³-hybridized carbons (Fsp3) is 0.250. The number of aryl methyl sites for hydroxylation is 1. The quantitative estimate of drug-likeness (QED) is 0.884. The molecule has 1 aromatic heterocycles. The molecule has 0 aliphatic heterocycles. The van der Waals surface area contributed by atoms with Gasteiger partial charge in [0.25, 0.3) is 0 Å². The van der Waals surface area contributed by atoms with Gasteiger partial charge in [-0.3, -0.25) is 14.3 Å². The third-order valence-electron chi connectivity index (χ3n) is 2.62. The number of Topliss-reactive ketones (excluding diaryl/α,β-unsaturated/α-hetero) is 1. The fourth-order valence-electron chi connectivity index (χ4n) is 1.99. The van der Waals surface area contributed by atoms with E-state index in [1.54, 1.807) is 6.07 Å². The minimum Gasteiger partial charge on any atom is -0.480 e. The van der Waals surface area contributed by atoms with Crippen molar-refractivity contribution in [3.63, 3.8) is 0 Å². The van der Waals surface area contributed by atoms with Crippen LogP contribution in [0.2, 0.25) is 0 Å². The highest BCUT2D eigenvalue weighted by molar-refractivity contribution is 9.10. The molecule has 0 radical (unpaired) electrons. The number of halogens is 1. The summed E-state index contributed by atoms with van der Waals surface area (Å²) in [7, 11) is 0. The van der Waals surface area contributed by atoms with Crippen LogP contribution in [0.1, 0.15) is 23.0 Å². The van der Waals surface area contributed by atoms with Crippen LogP contribution in [0.15, 0.2) is 16.6 Å². The molecule has 18 heavy (non-hydrogen) atoms. The van der Waals surface area contributed by atoms with E-state index in [0.29, 0.717) is 16.6 Å². The lowest BCUT2D eigenvalue weighted by Crippen LogP contribution is -2.11. The molecule has 0 atom stereocenters. The maximum Gasteiger partial charge on any atom is 0.325 e. The monoisotopic (exact) mass is 310 g/mol. The topological polar surface area (TPSA) is 72.2 Å². The van der Waals surface area contributed by atoms with Crippen molar-refractivity contribution in [3.8, 4) is 0 Å². The summed E-state index contributed by atoms with van der Waals surface area (Å²) in [6.45, 7) is 3.02. The van der Waals surface area contributed by atoms with Gasteiger partial charge in [0.1, 0.15) is 12.2 Å². The number of hydrogen-bond acceptors (Lipinski definition) is 3. The molecule has 5 nitrogen and oxygen atoms in total. The number of aliphatic carboxylic acids is 1. The second-order valence-electron chi connectivity index (χ2n) is 4.08. The number of benzene rings is 1. The molecule has 0 aliphatic carbocycles. The number of aromatic nitrogens is 2. The Balaban J connectivity index is 2.80. The summed E-state index contributed by atoms with van der Waals surface area (Å²) in [5.41, 5.74) is 1.86. The Kier molecular flexibility index (Phi) is 3.21. The molecule has 1 aromatic carbocycles. The van der Waals surface area contributed by atoms with E-state index in [-0.39, 0.29) is 12.3 Å². The zero-order valence-electron chi connectivity index (χ0n) is 9.90. The maximum absolute atomic E-state index is 11.5. The highest BCUT2D eigenvalue weighted by Gasteiger charge is 2.17. The summed E-state index contributed by atoms with van der Waals surface area (Å²) in [4.78, 5) is 22.4. The van der Waals surface area contributed by atoms with Gasteiger partial charge in [-0.15, -0.1) is 0 Å². The fourth-order valence-corrected chi connectivity index (χ4v) is 2.56. The second-order valence-corrected chi connectivity index (χ2v) is 4.99. The highest BCUT2D eigenvalue weighted by Crippen LogP contribution is 2.27. The van der Waals surface area contributed by atoms with E-state index in [0.717, 1.165) is 10.0 Å². The van der Waals surface area contributed by atoms with Gasteiger partial charge in [0.05, 0.1) is 5.52 Å². The minimum absolute atomic E-state index is 0.179. The molecule has 2 rings (SSSR count). The van der Waals surface area contributed by atoms with Gasteiger partial charge in [0.15, 0.2) is 5.78 Å². The van der Waals surface area contributed by atoms with Crippen LogP contribution >= 0.6 is 15.9 Å². The first kappa shape index (κ1) is 12.8. The molecule has 0 spiro atoms. The van der Waals surface area contributed by atoms with Crippen LogP contribution in [0.4, 0.5) is 0 Å². The largest absolute Gasteiger partial charge is 0.480 e. The Morgan fingerprint density at radius 1 is 1.44 bits per heavy atom. The number of hydrogen-bond donors (Lipinski definition) is 1. The molecule has 1 heterocycles. The van der Waals surface area contributed by atoms with Crippen molar-refractivity contribution >= 4 is 38.6 Å². The number of ketones is 1. The lowest BCUT2D eigenvalue weighted by atomic mass is 10.1. The zero-order valence-corrected chi connectivity index (χ0v) is 11.5. The van der Waals surface area contributed by atoms with E-state index in [2.05, 4.69) is 21.0 Å². The average molecular weight is 311 g/mol. The van der Waals surface area contributed by atoms with Crippen molar-refractivity contribution in [2.24, 2.45) is 0 Å². The summed E-state index contributed by atoms with van der Waals surface area (Å²) >= 11 is 3.36. The van der Waals surface area contributed by atoms with Gasteiger partial charge in [-0.25, -0.2) is 0 Å². The van der Waals surface area contributed by atoms with Gasteiger partial charge in [-0.1, -0.05) is 15.9 Å². The van der Waals surface area contributed by atoms with Crippen molar-refractivity contribution in [2.75, 3.05) is 0 Å². The van der Waals surface area contributed by atoms with Crippen molar-refractivity contribution in [1.29, 1.82) is 0 Å². The predicted molar refractivity (Wildman–Crippen MR) is 69.8 cm³/mol. The standard InChI is InChI=1S/C12H11BrN2O3/c1-6-3-8(13)4-9-11(7(2)16)14-15(12(6)9)5-10(17)18/h3-4H,5H2,1-2H3,(H,17,18). The lowest BCUT2D eigenvalue weighted by molar-refractivity contribution is -0.137. The van der Waals surface area contributed by atoms with Gasteiger partial charge in [0, 0.05) is 16.8 Å². The van der Waals surface area contributed by atoms with Crippen molar-refractivity contribution in [2.45, 2.75) is 20.4 Å². The maximum atomic E-state index is 11.5. The van der Waals surface area contributed by atoms with Gasteiger partial charge in [-0.2, -0.15) is 5.10 Å². The molecule has 0 fully saturated rings. The van der Waals surface area contributed by atoms with E-state index >= 15 is 0 Å². The minimum atomic E-state index is -0.989. The Labute approximate surface area is 112 Å². The van der Waals surface area contributed by atoms with E-state index < -0.39 is 5.97 Å². The summed E-state index contributed by atoms with van der Waals surface area (Å²) in [5, 5.41) is 13.6. The number of carboxylic acids is 1. The number of carboxylic acid groups (broad SMARTS) is 1. The van der Waals surface area contributed by atoms with Crippen LogP contribution in [0.25, 0.3) is 10.9 Å². The Hall–Kier alpha value is -1.69. The first-order valence-electron chi connectivity index (χ1n) is 5.29. The molecule has 0 amide bonds. The average Bonchev–Trinajstić information content (AvgIpc) is 2.55. The summed E-state index contributed by atoms with van der Waals surface area (Å²) in [6, 6.07) is 3.65. The van der Waals surface area contributed by atoms with Crippen LogP contribution in [-0.2, 0) is 11.3 Å². The molecule has 2 aromatic rings. The number of fused-ring (bicyclic) bond motifs is 1. The number of nitrogens with zero attached hydrogens (tertiary/aromatic N) is 2. The van der Waals surface area contributed by atoms with Crippen LogP contribution in [-0.4, -0.2) is 26.6 Å². The molecular formula is C12H11BrN2O3. The molecule has 6 heteroatoms. The first-order valence-corrected chi connectivity index (χ1v) is 6.09. The lowest BCUT2D eigenvalue weighted by Gasteiger charge is -2.03. The Morgan fingerprint density at radius 3 is 2.67 bits per heavy atom. The molecule has 1 N–H and O–H groups in total. The molecule has 0 aliphatic rings. The molecule has 94 valence electrons. The van der Waals surface area contributed by atoms with Crippen molar-refractivity contribution < 1.29 is 14.7 Å². The van der Waals surface area contributed by atoms with E-state index in [9.17, 15) is 9.59 Å². The second kappa shape index (κ2) is 4.53. The smallest absolute Gasteiger partial charge is 0.325 e. The Morgan fingerprint density at radius 2 is 2.11 bits per heavy atom. The van der Waals surface area contributed by atoms with Gasteiger partial charge < -0.3 is 5.11 Å². The highest BCUT2D eigenvalue weighted by atomic mass is 79.9. The van der Waals surface area contributed by atoms with E-state index in [1.807, 2.05) is 13.0 Å². The molecular weight excluding hydrogens is 300 g/mol. The Bertz CT molecular complexity index is 661. The third kappa shape index (κ3) is 2.15. The molecule has 0 unspecified atom stereocenters. The molecule has 0 bridgehead atoms. The van der Waals surface area contributed by atoms with Crippen molar-refractivity contribution in [1.82, 2.24) is 9.78 Å². The zero-order chi connectivity index (χ0) is 13.4. The normalized spacial score (nSPS) is 10.8. The SMILES string of the molecule is CC(=O)c1nn(CC(=O)O)c2c(C)cc(Br)cc12. The molecule has 0 saturated carbocycles.